The summed E-state index contributed by atoms with van der Waals surface area (Å²) < 4.78 is 3.73. The highest BCUT2D eigenvalue weighted by Gasteiger charge is 2.32. The summed E-state index contributed by atoms with van der Waals surface area (Å²) in [7, 11) is 0. The molecule has 0 spiro atoms. The molecule has 0 saturated heterocycles. The first-order chi connectivity index (χ1) is 17.8. The number of benzene rings is 3. The maximum atomic E-state index is 13.7. The van der Waals surface area contributed by atoms with E-state index in [1.807, 2.05) is 55.5 Å². The van der Waals surface area contributed by atoms with Gasteiger partial charge >= 0.3 is 5.69 Å². The summed E-state index contributed by atoms with van der Waals surface area (Å²) in [6.07, 6.45) is 0. The smallest absolute Gasteiger partial charge is 0.333 e. The number of halogens is 2. The molecule has 1 aromatic heterocycles. The quantitative estimate of drug-likeness (QED) is 0.353. The molecule has 0 unspecified atom stereocenters. The maximum absolute atomic E-state index is 13.7. The van der Waals surface area contributed by atoms with Gasteiger partial charge in [-0.1, -0.05) is 60.1 Å². The Morgan fingerprint density at radius 3 is 2.32 bits per heavy atom. The molecule has 9 heteroatoms. The molecule has 188 valence electrons. The number of amides is 2. The third kappa shape index (κ3) is 4.86. The van der Waals surface area contributed by atoms with Gasteiger partial charge in [0.2, 0.25) is 0 Å². The van der Waals surface area contributed by atoms with E-state index >= 15 is 0 Å². The van der Waals surface area contributed by atoms with Gasteiger partial charge in [0.05, 0.1) is 29.0 Å². The van der Waals surface area contributed by atoms with Crippen molar-refractivity contribution >= 4 is 39.3 Å². The van der Waals surface area contributed by atoms with Gasteiger partial charge in [-0.25, -0.2) is 4.79 Å². The van der Waals surface area contributed by atoms with Crippen LogP contribution in [0.1, 0.15) is 45.1 Å². The van der Waals surface area contributed by atoms with E-state index in [2.05, 4.69) is 21.2 Å². The van der Waals surface area contributed by atoms with Crippen LogP contribution in [0.4, 0.5) is 0 Å². The lowest BCUT2D eigenvalue weighted by Gasteiger charge is -2.28. The average Bonchev–Trinajstić information content (AvgIpc) is 3.22. The lowest BCUT2D eigenvalue weighted by atomic mass is 10.1. The van der Waals surface area contributed by atoms with Gasteiger partial charge in [-0.05, 0) is 58.7 Å². The van der Waals surface area contributed by atoms with E-state index in [4.69, 9.17) is 11.6 Å². The van der Waals surface area contributed by atoms with Crippen molar-refractivity contribution in [1.29, 1.82) is 0 Å². The van der Waals surface area contributed by atoms with Crippen molar-refractivity contribution in [2.75, 3.05) is 6.54 Å². The molecule has 0 radical (unpaired) electrons. The first-order valence-electron chi connectivity index (χ1n) is 11.8. The number of rotatable bonds is 5. The highest BCUT2D eigenvalue weighted by Crippen LogP contribution is 2.26. The monoisotopic (exact) mass is 578 g/mol. The summed E-state index contributed by atoms with van der Waals surface area (Å²) in [5, 5.41) is 3.47. The summed E-state index contributed by atoms with van der Waals surface area (Å²) >= 11 is 9.56. The van der Waals surface area contributed by atoms with Gasteiger partial charge in [-0.2, -0.15) is 0 Å². The van der Waals surface area contributed by atoms with Crippen LogP contribution in [0.25, 0.3) is 5.69 Å². The Hall–Kier alpha value is -3.62. The predicted molar refractivity (Wildman–Crippen MR) is 146 cm³/mol. The zero-order valence-corrected chi connectivity index (χ0v) is 22.4. The number of fused-ring (bicyclic) bond motifs is 1. The van der Waals surface area contributed by atoms with Crippen molar-refractivity contribution in [2.24, 2.45) is 0 Å². The van der Waals surface area contributed by atoms with Gasteiger partial charge in [-0.15, -0.1) is 0 Å². The second-order valence-electron chi connectivity index (χ2n) is 8.86. The van der Waals surface area contributed by atoms with Gasteiger partial charge in [0.15, 0.2) is 0 Å². The lowest BCUT2D eigenvalue weighted by Crippen LogP contribution is -2.41. The molecule has 37 heavy (non-hydrogen) atoms. The Balaban J connectivity index is 1.54. The molecule has 2 heterocycles. The molecule has 1 atom stereocenters. The molecule has 0 aliphatic carbocycles. The molecule has 7 nitrogen and oxygen atoms in total. The highest BCUT2D eigenvalue weighted by atomic mass is 79.9. The summed E-state index contributed by atoms with van der Waals surface area (Å²) in [5.74, 6) is -0.600. The van der Waals surface area contributed by atoms with Crippen molar-refractivity contribution in [3.8, 4) is 5.69 Å². The van der Waals surface area contributed by atoms with E-state index in [-0.39, 0.29) is 42.3 Å². The molecule has 1 aliphatic rings. The topological polar surface area (TPSA) is 76.3 Å². The molecular weight excluding hydrogens is 556 g/mol. The summed E-state index contributed by atoms with van der Waals surface area (Å²) in [6.45, 7) is 2.62. The normalized spacial score (nSPS) is 13.6. The van der Waals surface area contributed by atoms with Gasteiger partial charge in [0.1, 0.15) is 5.69 Å². The van der Waals surface area contributed by atoms with Gasteiger partial charge < -0.3 is 10.2 Å². The number of nitrogens with zero attached hydrogens (tertiary/aromatic N) is 3. The number of hydrogen-bond acceptors (Lipinski definition) is 3. The number of imidazole rings is 1. The molecular formula is C28H24BrClN4O3. The summed E-state index contributed by atoms with van der Waals surface area (Å²) in [4.78, 5) is 42.2. The van der Waals surface area contributed by atoms with Crippen LogP contribution in [0.5, 0.6) is 0 Å². The third-order valence-corrected chi connectivity index (χ3v) is 7.74. The fourth-order valence-corrected chi connectivity index (χ4v) is 5.01. The Morgan fingerprint density at radius 1 is 0.973 bits per heavy atom. The van der Waals surface area contributed by atoms with E-state index in [1.165, 1.54) is 4.57 Å². The van der Waals surface area contributed by atoms with Crippen LogP contribution in [0, 0.1) is 0 Å². The van der Waals surface area contributed by atoms with Crippen LogP contribution in [-0.4, -0.2) is 32.4 Å². The van der Waals surface area contributed by atoms with E-state index in [0.717, 1.165) is 5.56 Å². The molecule has 1 aliphatic heterocycles. The van der Waals surface area contributed by atoms with Crippen molar-refractivity contribution in [3.63, 3.8) is 0 Å². The van der Waals surface area contributed by atoms with Crippen LogP contribution in [0.2, 0.25) is 5.02 Å². The SMILES string of the molecule is C[C@@H](NC(=O)c1c2n(c(=O)n1-c1ccccc1)CCN(C(=O)c1ccc(Br)c(Cl)c1)C2)c1ccccc1. The highest BCUT2D eigenvalue weighted by molar-refractivity contribution is 9.10. The standard InChI is InChI=1S/C28H24BrClN4O3/c1-18(19-8-4-2-5-9-19)31-26(35)25-24-17-32(27(36)20-12-13-22(29)23(30)16-20)14-15-33(24)28(37)34(25)21-10-6-3-7-11-21/h2-13,16,18H,14-15,17H2,1H3,(H,31,35)/t18-/m1/s1. The molecule has 3 aromatic carbocycles. The maximum Gasteiger partial charge on any atom is 0.333 e. The minimum absolute atomic E-state index is 0.115. The Morgan fingerprint density at radius 2 is 1.65 bits per heavy atom. The number of carbonyl (C=O) groups excluding carboxylic acids is 2. The Kier molecular flexibility index (Phi) is 7.04. The van der Waals surface area contributed by atoms with E-state index in [0.29, 0.717) is 33.0 Å². The molecule has 1 N–H and O–H groups in total. The first kappa shape index (κ1) is 25.0. The molecule has 2 amide bonds. The van der Waals surface area contributed by atoms with Gasteiger partial charge in [0.25, 0.3) is 11.8 Å². The third-order valence-electron chi connectivity index (χ3n) is 6.51. The van der Waals surface area contributed by atoms with Gasteiger partial charge in [0, 0.05) is 23.1 Å². The predicted octanol–water partition coefficient (Wildman–Crippen LogP) is 5.20. The molecule has 4 aromatic rings. The number of nitrogens with one attached hydrogen (secondary N) is 1. The average molecular weight is 580 g/mol. The number of para-hydroxylation sites is 1. The molecule has 0 saturated carbocycles. The van der Waals surface area contributed by atoms with E-state index in [9.17, 15) is 14.4 Å². The molecule has 0 bridgehead atoms. The van der Waals surface area contributed by atoms with Crippen molar-refractivity contribution in [2.45, 2.75) is 26.1 Å². The van der Waals surface area contributed by atoms with Gasteiger partial charge in [-0.3, -0.25) is 18.7 Å². The minimum atomic E-state index is -0.382. The lowest BCUT2D eigenvalue weighted by molar-refractivity contribution is 0.0706. The summed E-state index contributed by atoms with van der Waals surface area (Å²) in [5.41, 5.74) is 2.39. The molecule has 5 rings (SSSR count). The second kappa shape index (κ2) is 10.4. The van der Waals surface area contributed by atoms with Crippen LogP contribution in [-0.2, 0) is 13.1 Å². The zero-order valence-electron chi connectivity index (χ0n) is 20.0. The van der Waals surface area contributed by atoms with Crippen LogP contribution >= 0.6 is 27.5 Å². The Bertz CT molecular complexity index is 1530. The number of aromatic nitrogens is 2. The van der Waals surface area contributed by atoms with E-state index < -0.39 is 0 Å². The fraction of sp³-hybridized carbons (Fsp3) is 0.179. The fourth-order valence-electron chi connectivity index (χ4n) is 4.58. The minimum Gasteiger partial charge on any atom is -0.344 e. The van der Waals surface area contributed by atoms with Crippen molar-refractivity contribution in [3.05, 3.63) is 121 Å². The number of hydrogen-bond donors (Lipinski definition) is 1. The van der Waals surface area contributed by atoms with Crippen molar-refractivity contribution in [1.82, 2.24) is 19.4 Å². The van der Waals surface area contributed by atoms with Crippen LogP contribution in [0.3, 0.4) is 0 Å². The summed E-state index contributed by atoms with van der Waals surface area (Å²) in [6, 6.07) is 23.4. The van der Waals surface area contributed by atoms with Crippen molar-refractivity contribution < 1.29 is 9.59 Å². The first-order valence-corrected chi connectivity index (χ1v) is 13.0. The van der Waals surface area contributed by atoms with Crippen LogP contribution in [0.15, 0.2) is 88.1 Å². The van der Waals surface area contributed by atoms with E-state index in [1.54, 1.807) is 39.8 Å². The Labute approximate surface area is 227 Å². The second-order valence-corrected chi connectivity index (χ2v) is 10.1. The largest absolute Gasteiger partial charge is 0.344 e. The number of carbonyl (C=O) groups is 2. The van der Waals surface area contributed by atoms with Crippen LogP contribution < -0.4 is 11.0 Å². The molecule has 0 fully saturated rings. The zero-order chi connectivity index (χ0) is 26.1.